The second-order valence-electron chi connectivity index (χ2n) is 4.08. The van der Waals surface area contributed by atoms with Crippen LogP contribution in [-0.2, 0) is 4.79 Å². The molecular formula is C12H13FN2O5. The van der Waals surface area contributed by atoms with Crippen LogP contribution in [0.1, 0.15) is 30.1 Å². The predicted molar refractivity (Wildman–Crippen MR) is 66.9 cm³/mol. The van der Waals surface area contributed by atoms with Crippen LogP contribution in [0.15, 0.2) is 18.2 Å². The van der Waals surface area contributed by atoms with E-state index in [0.29, 0.717) is 6.42 Å². The maximum absolute atomic E-state index is 13.1. The van der Waals surface area contributed by atoms with Gasteiger partial charge in [0.05, 0.1) is 4.92 Å². The van der Waals surface area contributed by atoms with Gasteiger partial charge >= 0.3 is 11.7 Å². The Morgan fingerprint density at radius 3 is 2.65 bits per heavy atom. The van der Waals surface area contributed by atoms with E-state index >= 15 is 0 Å². The first-order valence-electron chi connectivity index (χ1n) is 5.84. The molecule has 0 heterocycles. The molecule has 1 aromatic rings. The lowest BCUT2D eigenvalue weighted by Gasteiger charge is -2.13. The van der Waals surface area contributed by atoms with E-state index in [1.165, 1.54) is 0 Å². The summed E-state index contributed by atoms with van der Waals surface area (Å²) in [4.78, 5) is 32.3. The fraction of sp³-hybridized carbons (Fsp3) is 0.333. The lowest BCUT2D eigenvalue weighted by molar-refractivity contribution is -0.387. The average Bonchev–Trinajstić information content (AvgIpc) is 2.38. The highest BCUT2D eigenvalue weighted by atomic mass is 19.1. The molecule has 0 bridgehead atoms. The summed E-state index contributed by atoms with van der Waals surface area (Å²) in [7, 11) is 0. The monoisotopic (exact) mass is 284 g/mol. The Kier molecular flexibility index (Phi) is 5.13. The Morgan fingerprint density at radius 1 is 1.50 bits per heavy atom. The number of aliphatic carboxylic acids is 1. The second kappa shape index (κ2) is 6.60. The van der Waals surface area contributed by atoms with Crippen LogP contribution in [0.5, 0.6) is 0 Å². The summed E-state index contributed by atoms with van der Waals surface area (Å²) in [6, 6.07) is 1.54. The summed E-state index contributed by atoms with van der Waals surface area (Å²) in [5, 5.41) is 21.7. The summed E-state index contributed by atoms with van der Waals surface area (Å²) in [5.41, 5.74) is -1.000. The van der Waals surface area contributed by atoms with Gasteiger partial charge in [0, 0.05) is 11.6 Å². The molecular weight excluding hydrogens is 271 g/mol. The van der Waals surface area contributed by atoms with Crippen LogP contribution in [-0.4, -0.2) is 27.9 Å². The third-order valence-electron chi connectivity index (χ3n) is 2.59. The van der Waals surface area contributed by atoms with Gasteiger partial charge in [-0.25, -0.2) is 4.79 Å². The normalized spacial score (nSPS) is 11.7. The van der Waals surface area contributed by atoms with E-state index in [1.807, 2.05) is 0 Å². The van der Waals surface area contributed by atoms with Gasteiger partial charge < -0.3 is 10.4 Å². The number of carboxylic acids is 1. The number of carbonyl (C=O) groups excluding carboxylic acids is 1. The topological polar surface area (TPSA) is 110 Å². The maximum atomic E-state index is 13.1. The number of halogens is 1. The highest BCUT2D eigenvalue weighted by Gasteiger charge is 2.22. The first-order chi connectivity index (χ1) is 9.36. The van der Waals surface area contributed by atoms with E-state index in [2.05, 4.69) is 5.32 Å². The van der Waals surface area contributed by atoms with Crippen LogP contribution in [0.25, 0.3) is 0 Å². The number of benzene rings is 1. The Hall–Kier alpha value is -2.51. The SMILES string of the molecule is CCC[C@H](NC(=O)c1ccc(F)c([N+](=O)[O-])c1)C(=O)O. The molecule has 0 aliphatic heterocycles. The number of amides is 1. The highest BCUT2D eigenvalue weighted by molar-refractivity contribution is 5.97. The van der Waals surface area contributed by atoms with Crippen LogP contribution in [0.4, 0.5) is 10.1 Å². The summed E-state index contributed by atoms with van der Waals surface area (Å²) in [6.07, 6.45) is 0.769. The molecule has 2 N–H and O–H groups in total. The number of carbonyl (C=O) groups is 2. The van der Waals surface area contributed by atoms with Gasteiger partial charge in [-0.05, 0) is 18.6 Å². The first kappa shape index (κ1) is 15.5. The Balaban J connectivity index is 2.95. The van der Waals surface area contributed by atoms with Crippen LogP contribution < -0.4 is 5.32 Å². The van der Waals surface area contributed by atoms with Crippen LogP contribution in [0.2, 0.25) is 0 Å². The van der Waals surface area contributed by atoms with Gasteiger partial charge in [0.25, 0.3) is 5.91 Å². The summed E-state index contributed by atoms with van der Waals surface area (Å²) >= 11 is 0. The van der Waals surface area contributed by atoms with Crippen LogP contribution in [0.3, 0.4) is 0 Å². The van der Waals surface area contributed by atoms with Crippen LogP contribution >= 0.6 is 0 Å². The van der Waals surface area contributed by atoms with Gasteiger partial charge in [0.1, 0.15) is 6.04 Å². The summed E-state index contributed by atoms with van der Waals surface area (Å²) < 4.78 is 13.1. The zero-order valence-electron chi connectivity index (χ0n) is 10.6. The van der Waals surface area contributed by atoms with Crippen molar-refractivity contribution in [3.63, 3.8) is 0 Å². The van der Waals surface area contributed by atoms with E-state index in [4.69, 9.17) is 5.11 Å². The third-order valence-corrected chi connectivity index (χ3v) is 2.59. The van der Waals surface area contributed by atoms with E-state index in [0.717, 1.165) is 18.2 Å². The first-order valence-corrected chi connectivity index (χ1v) is 5.84. The molecule has 0 radical (unpaired) electrons. The molecule has 0 saturated heterocycles. The van der Waals surface area contributed by atoms with Crippen molar-refractivity contribution in [2.45, 2.75) is 25.8 Å². The zero-order valence-corrected chi connectivity index (χ0v) is 10.6. The van der Waals surface area contributed by atoms with Crippen molar-refractivity contribution in [1.82, 2.24) is 5.32 Å². The molecule has 0 fully saturated rings. The van der Waals surface area contributed by atoms with Gasteiger partial charge in [-0.1, -0.05) is 13.3 Å². The number of hydrogen-bond donors (Lipinski definition) is 2. The minimum Gasteiger partial charge on any atom is -0.480 e. The molecule has 0 aliphatic carbocycles. The highest BCUT2D eigenvalue weighted by Crippen LogP contribution is 2.18. The molecule has 8 heteroatoms. The van der Waals surface area contributed by atoms with Crippen molar-refractivity contribution >= 4 is 17.6 Å². The van der Waals surface area contributed by atoms with Crippen molar-refractivity contribution in [3.05, 3.63) is 39.7 Å². The largest absolute Gasteiger partial charge is 0.480 e. The zero-order chi connectivity index (χ0) is 15.3. The number of nitro groups is 1. The van der Waals surface area contributed by atoms with Gasteiger partial charge in [0.15, 0.2) is 0 Å². The van der Waals surface area contributed by atoms with Gasteiger partial charge in [0.2, 0.25) is 5.82 Å². The molecule has 1 amide bonds. The third kappa shape index (κ3) is 3.74. The molecule has 0 saturated carbocycles. The van der Waals surface area contributed by atoms with E-state index in [1.54, 1.807) is 6.92 Å². The van der Waals surface area contributed by atoms with Crippen molar-refractivity contribution in [3.8, 4) is 0 Å². The number of hydrogen-bond acceptors (Lipinski definition) is 4. The van der Waals surface area contributed by atoms with Crippen molar-refractivity contribution in [2.24, 2.45) is 0 Å². The lowest BCUT2D eigenvalue weighted by Crippen LogP contribution is -2.40. The fourth-order valence-corrected chi connectivity index (χ4v) is 1.58. The van der Waals surface area contributed by atoms with Crippen molar-refractivity contribution < 1.29 is 24.0 Å². The Bertz CT molecular complexity index is 547. The molecule has 0 unspecified atom stereocenters. The smallest absolute Gasteiger partial charge is 0.326 e. The summed E-state index contributed by atoms with van der Waals surface area (Å²) in [6.45, 7) is 1.75. The number of carboxylic acid groups (broad SMARTS) is 1. The number of nitrogens with one attached hydrogen (secondary N) is 1. The predicted octanol–water partition coefficient (Wildman–Crippen LogP) is 1.72. The van der Waals surface area contributed by atoms with Crippen molar-refractivity contribution in [1.29, 1.82) is 0 Å². The Morgan fingerprint density at radius 2 is 2.15 bits per heavy atom. The van der Waals surface area contributed by atoms with Crippen molar-refractivity contribution in [2.75, 3.05) is 0 Å². The maximum Gasteiger partial charge on any atom is 0.326 e. The molecule has 0 aromatic heterocycles. The fourth-order valence-electron chi connectivity index (χ4n) is 1.58. The Labute approximate surface area is 113 Å². The van der Waals surface area contributed by atoms with E-state index in [9.17, 15) is 24.1 Å². The van der Waals surface area contributed by atoms with E-state index in [-0.39, 0.29) is 12.0 Å². The lowest BCUT2D eigenvalue weighted by atomic mass is 10.1. The molecule has 1 aromatic carbocycles. The molecule has 0 spiro atoms. The van der Waals surface area contributed by atoms with Gasteiger partial charge in [-0.15, -0.1) is 0 Å². The van der Waals surface area contributed by atoms with E-state index < -0.39 is 34.3 Å². The minimum atomic E-state index is -1.20. The standard InChI is InChI=1S/C12H13FN2O5/c1-2-3-9(12(17)18)14-11(16)7-4-5-8(13)10(6-7)15(19)20/h4-6,9H,2-3H2,1H3,(H,14,16)(H,17,18)/t9-/m0/s1. The average molecular weight is 284 g/mol. The molecule has 20 heavy (non-hydrogen) atoms. The molecule has 0 aliphatic rings. The van der Waals surface area contributed by atoms with Gasteiger partial charge in [-0.3, -0.25) is 14.9 Å². The number of nitrogens with zero attached hydrogens (tertiary/aromatic N) is 1. The molecule has 7 nitrogen and oxygen atoms in total. The van der Waals surface area contributed by atoms with Gasteiger partial charge in [-0.2, -0.15) is 4.39 Å². The molecule has 108 valence electrons. The van der Waals surface area contributed by atoms with Crippen LogP contribution in [0, 0.1) is 15.9 Å². The number of rotatable bonds is 6. The quantitative estimate of drug-likeness (QED) is 0.610. The molecule has 1 rings (SSSR count). The number of nitro benzene ring substituents is 1. The molecule has 1 atom stereocenters. The minimum absolute atomic E-state index is 0.166. The second-order valence-corrected chi connectivity index (χ2v) is 4.08. The summed E-state index contributed by atoms with van der Waals surface area (Å²) in [5.74, 6) is -3.05.